The lowest BCUT2D eigenvalue weighted by Crippen LogP contribution is -2.49. The normalized spacial score (nSPS) is 14.8. The van der Waals surface area contributed by atoms with E-state index < -0.39 is 0 Å². The van der Waals surface area contributed by atoms with Crippen molar-refractivity contribution in [3.63, 3.8) is 0 Å². The molecular formula is C22H28N2O3. The SMILES string of the molecule is COc1ccc(OCCCN2CCN(C(=O)c3ccc(C)cc3)CC2)cc1. The lowest BCUT2D eigenvalue weighted by atomic mass is 10.1. The van der Waals surface area contributed by atoms with E-state index in [1.807, 2.05) is 60.4 Å². The van der Waals surface area contributed by atoms with Crippen LogP contribution in [0.5, 0.6) is 11.5 Å². The van der Waals surface area contributed by atoms with Gasteiger partial charge in [0.05, 0.1) is 13.7 Å². The molecule has 0 atom stereocenters. The second kappa shape index (κ2) is 9.42. The third-order valence-electron chi connectivity index (χ3n) is 4.90. The molecule has 1 saturated heterocycles. The highest BCUT2D eigenvalue weighted by Gasteiger charge is 2.21. The van der Waals surface area contributed by atoms with E-state index in [9.17, 15) is 4.79 Å². The first-order chi connectivity index (χ1) is 13.2. The average Bonchev–Trinajstić information content (AvgIpc) is 2.72. The molecule has 0 unspecified atom stereocenters. The molecule has 144 valence electrons. The number of carbonyl (C=O) groups is 1. The third-order valence-corrected chi connectivity index (χ3v) is 4.90. The molecule has 0 aliphatic carbocycles. The van der Waals surface area contributed by atoms with Crippen molar-refractivity contribution in [3.05, 3.63) is 59.7 Å². The van der Waals surface area contributed by atoms with Crippen LogP contribution in [-0.4, -0.2) is 62.1 Å². The molecular weight excluding hydrogens is 340 g/mol. The number of rotatable bonds is 7. The van der Waals surface area contributed by atoms with Crippen LogP contribution in [-0.2, 0) is 0 Å². The first-order valence-electron chi connectivity index (χ1n) is 9.51. The number of amides is 1. The number of piperazine rings is 1. The molecule has 1 amide bonds. The number of methoxy groups -OCH3 is 1. The summed E-state index contributed by atoms with van der Waals surface area (Å²) < 4.78 is 10.9. The van der Waals surface area contributed by atoms with Gasteiger partial charge in [0.2, 0.25) is 0 Å². The fourth-order valence-corrected chi connectivity index (χ4v) is 3.20. The molecule has 2 aromatic rings. The van der Waals surface area contributed by atoms with Crippen molar-refractivity contribution in [1.82, 2.24) is 9.80 Å². The summed E-state index contributed by atoms with van der Waals surface area (Å²) in [6.45, 7) is 7.11. The van der Waals surface area contributed by atoms with Crippen molar-refractivity contribution in [2.45, 2.75) is 13.3 Å². The first-order valence-corrected chi connectivity index (χ1v) is 9.51. The largest absolute Gasteiger partial charge is 0.497 e. The van der Waals surface area contributed by atoms with Crippen LogP contribution >= 0.6 is 0 Å². The monoisotopic (exact) mass is 368 g/mol. The minimum Gasteiger partial charge on any atom is -0.497 e. The molecule has 1 aliphatic rings. The summed E-state index contributed by atoms with van der Waals surface area (Å²) in [4.78, 5) is 16.9. The quantitative estimate of drug-likeness (QED) is 0.704. The zero-order valence-corrected chi connectivity index (χ0v) is 16.2. The van der Waals surface area contributed by atoms with Crippen molar-refractivity contribution in [3.8, 4) is 11.5 Å². The minimum absolute atomic E-state index is 0.137. The van der Waals surface area contributed by atoms with Crippen LogP contribution in [0.25, 0.3) is 0 Å². The van der Waals surface area contributed by atoms with E-state index in [1.165, 1.54) is 5.56 Å². The lowest BCUT2D eigenvalue weighted by molar-refractivity contribution is 0.0630. The molecule has 1 fully saturated rings. The summed E-state index contributed by atoms with van der Waals surface area (Å²) in [7, 11) is 1.66. The van der Waals surface area contributed by atoms with Gasteiger partial charge in [-0.25, -0.2) is 0 Å². The van der Waals surface area contributed by atoms with Gasteiger partial charge >= 0.3 is 0 Å². The summed E-state index contributed by atoms with van der Waals surface area (Å²) in [5.41, 5.74) is 1.95. The topological polar surface area (TPSA) is 42.0 Å². The lowest BCUT2D eigenvalue weighted by Gasteiger charge is -2.34. The number of carbonyl (C=O) groups excluding carboxylic acids is 1. The minimum atomic E-state index is 0.137. The van der Waals surface area contributed by atoms with Gasteiger partial charge < -0.3 is 14.4 Å². The molecule has 5 nitrogen and oxygen atoms in total. The fourth-order valence-electron chi connectivity index (χ4n) is 3.20. The Hall–Kier alpha value is -2.53. The molecule has 1 aliphatic heterocycles. The third kappa shape index (κ3) is 5.47. The standard InChI is InChI=1S/C22H28N2O3/c1-18-4-6-19(7-5-18)22(25)24-15-13-23(14-16-24)12-3-17-27-21-10-8-20(26-2)9-11-21/h4-11H,3,12-17H2,1-2H3. The van der Waals surface area contributed by atoms with Crippen molar-refractivity contribution >= 4 is 5.91 Å². The van der Waals surface area contributed by atoms with Crippen LogP contribution in [0.2, 0.25) is 0 Å². The Morgan fingerprint density at radius 1 is 0.926 bits per heavy atom. The molecule has 0 radical (unpaired) electrons. The molecule has 0 N–H and O–H groups in total. The molecule has 5 heteroatoms. The Bertz CT molecular complexity index is 720. The van der Waals surface area contributed by atoms with Gasteiger partial charge in [0.25, 0.3) is 5.91 Å². The maximum atomic E-state index is 12.6. The summed E-state index contributed by atoms with van der Waals surface area (Å²) in [5, 5.41) is 0. The maximum absolute atomic E-state index is 12.6. The molecule has 0 saturated carbocycles. The number of nitrogens with zero attached hydrogens (tertiary/aromatic N) is 2. The number of ether oxygens (including phenoxy) is 2. The molecule has 0 spiro atoms. The predicted molar refractivity (Wildman–Crippen MR) is 107 cm³/mol. The number of hydrogen-bond acceptors (Lipinski definition) is 4. The number of aryl methyl sites for hydroxylation is 1. The van der Waals surface area contributed by atoms with Crippen molar-refractivity contribution in [2.75, 3.05) is 46.4 Å². The summed E-state index contributed by atoms with van der Waals surface area (Å²) in [5.74, 6) is 1.84. The van der Waals surface area contributed by atoms with E-state index >= 15 is 0 Å². The Morgan fingerprint density at radius 3 is 2.19 bits per heavy atom. The molecule has 0 bridgehead atoms. The predicted octanol–water partition coefficient (Wildman–Crippen LogP) is 3.23. The zero-order chi connectivity index (χ0) is 19.1. The summed E-state index contributed by atoms with van der Waals surface area (Å²) in [6.07, 6.45) is 0.970. The molecule has 1 heterocycles. The van der Waals surface area contributed by atoms with Gasteiger partial charge in [0.1, 0.15) is 11.5 Å². The highest BCUT2D eigenvalue weighted by molar-refractivity contribution is 5.94. The number of hydrogen-bond donors (Lipinski definition) is 0. The Balaban J connectivity index is 1.35. The molecule has 0 aromatic heterocycles. The van der Waals surface area contributed by atoms with Crippen LogP contribution in [0.4, 0.5) is 0 Å². The highest BCUT2D eigenvalue weighted by Crippen LogP contribution is 2.17. The van der Waals surface area contributed by atoms with Gasteiger partial charge in [-0.1, -0.05) is 17.7 Å². The van der Waals surface area contributed by atoms with Crippen molar-refractivity contribution in [2.24, 2.45) is 0 Å². The van der Waals surface area contributed by atoms with E-state index in [2.05, 4.69) is 4.90 Å². The van der Waals surface area contributed by atoms with Crippen LogP contribution in [0.1, 0.15) is 22.3 Å². The van der Waals surface area contributed by atoms with Crippen molar-refractivity contribution < 1.29 is 14.3 Å². The van der Waals surface area contributed by atoms with E-state index in [-0.39, 0.29) is 5.91 Å². The molecule has 2 aromatic carbocycles. The second-order valence-corrected chi connectivity index (χ2v) is 6.88. The average molecular weight is 368 g/mol. The molecule has 27 heavy (non-hydrogen) atoms. The van der Waals surface area contributed by atoms with Crippen LogP contribution in [0, 0.1) is 6.92 Å². The van der Waals surface area contributed by atoms with Crippen LogP contribution in [0.3, 0.4) is 0 Å². The van der Waals surface area contributed by atoms with Crippen LogP contribution in [0.15, 0.2) is 48.5 Å². The Kier molecular flexibility index (Phi) is 6.71. The highest BCUT2D eigenvalue weighted by atomic mass is 16.5. The number of benzene rings is 2. The van der Waals surface area contributed by atoms with Gasteiger partial charge in [0, 0.05) is 38.3 Å². The second-order valence-electron chi connectivity index (χ2n) is 6.88. The maximum Gasteiger partial charge on any atom is 0.253 e. The van der Waals surface area contributed by atoms with Crippen molar-refractivity contribution in [1.29, 1.82) is 0 Å². The van der Waals surface area contributed by atoms with Gasteiger partial charge in [-0.2, -0.15) is 0 Å². The molecule has 3 rings (SSSR count). The van der Waals surface area contributed by atoms with Gasteiger partial charge in [-0.05, 0) is 49.7 Å². The zero-order valence-electron chi connectivity index (χ0n) is 16.2. The van der Waals surface area contributed by atoms with E-state index in [1.54, 1.807) is 7.11 Å². The van der Waals surface area contributed by atoms with E-state index in [4.69, 9.17) is 9.47 Å². The van der Waals surface area contributed by atoms with Gasteiger partial charge in [-0.3, -0.25) is 9.69 Å². The van der Waals surface area contributed by atoms with Gasteiger partial charge in [0.15, 0.2) is 0 Å². The first kappa shape index (κ1) is 19.2. The van der Waals surface area contributed by atoms with Crippen LogP contribution < -0.4 is 9.47 Å². The van der Waals surface area contributed by atoms with E-state index in [0.717, 1.165) is 56.2 Å². The smallest absolute Gasteiger partial charge is 0.253 e. The fraction of sp³-hybridized carbons (Fsp3) is 0.409. The van der Waals surface area contributed by atoms with E-state index in [0.29, 0.717) is 6.61 Å². The Morgan fingerprint density at radius 2 is 1.56 bits per heavy atom. The van der Waals surface area contributed by atoms with Gasteiger partial charge in [-0.15, -0.1) is 0 Å². The Labute approximate surface area is 161 Å². The summed E-state index contributed by atoms with van der Waals surface area (Å²) in [6, 6.07) is 15.5. The summed E-state index contributed by atoms with van der Waals surface area (Å²) >= 11 is 0.